The number of nitrogens with zero attached hydrogens (tertiary/aromatic N) is 1. The van der Waals surface area contributed by atoms with Crippen LogP contribution in [0, 0.1) is 5.92 Å². The molecule has 3 heteroatoms. The molecule has 0 saturated carbocycles. The molecular weight excluding hydrogens is 190 g/mol. The molecule has 0 unspecified atom stereocenters. The van der Waals surface area contributed by atoms with E-state index < -0.39 is 0 Å². The van der Waals surface area contributed by atoms with Crippen LogP contribution >= 0.6 is 0 Å². The number of ether oxygens (including phenoxy) is 2. The van der Waals surface area contributed by atoms with Gasteiger partial charge in [-0.2, -0.15) is 0 Å². The SMILES string of the molecule is C1=CCC(CN2CCC3(C2)OCCO3)C1. The third-order valence-electron chi connectivity index (χ3n) is 3.71. The summed E-state index contributed by atoms with van der Waals surface area (Å²) in [5.74, 6) is 0.605. The van der Waals surface area contributed by atoms with Gasteiger partial charge in [-0.15, -0.1) is 0 Å². The summed E-state index contributed by atoms with van der Waals surface area (Å²) in [6.45, 7) is 4.87. The molecule has 2 saturated heterocycles. The van der Waals surface area contributed by atoms with Gasteiger partial charge in [-0.25, -0.2) is 0 Å². The van der Waals surface area contributed by atoms with Gasteiger partial charge in [-0.1, -0.05) is 12.2 Å². The van der Waals surface area contributed by atoms with Crippen molar-refractivity contribution in [2.75, 3.05) is 32.8 Å². The average molecular weight is 209 g/mol. The van der Waals surface area contributed by atoms with Gasteiger partial charge in [-0.3, -0.25) is 4.90 Å². The molecule has 0 aromatic rings. The van der Waals surface area contributed by atoms with Gasteiger partial charge in [0.05, 0.1) is 19.8 Å². The molecule has 84 valence electrons. The summed E-state index contributed by atoms with van der Waals surface area (Å²) in [4.78, 5) is 2.50. The van der Waals surface area contributed by atoms with Gasteiger partial charge in [0, 0.05) is 19.5 Å². The number of hydrogen-bond acceptors (Lipinski definition) is 3. The Kier molecular flexibility index (Phi) is 2.54. The van der Waals surface area contributed by atoms with Crippen LogP contribution in [0.1, 0.15) is 19.3 Å². The summed E-state index contributed by atoms with van der Waals surface area (Å²) >= 11 is 0. The fourth-order valence-corrected chi connectivity index (χ4v) is 2.90. The van der Waals surface area contributed by atoms with Crippen molar-refractivity contribution in [2.24, 2.45) is 5.92 Å². The summed E-state index contributed by atoms with van der Waals surface area (Å²) in [7, 11) is 0. The number of likely N-dealkylation sites (tertiary alicyclic amines) is 1. The lowest BCUT2D eigenvalue weighted by Crippen LogP contribution is -2.35. The molecule has 2 fully saturated rings. The fraction of sp³-hybridized carbons (Fsp3) is 0.833. The zero-order valence-electron chi connectivity index (χ0n) is 9.15. The van der Waals surface area contributed by atoms with Gasteiger partial charge >= 0.3 is 0 Å². The summed E-state index contributed by atoms with van der Waals surface area (Å²) in [6.07, 6.45) is 8.17. The minimum atomic E-state index is -0.230. The van der Waals surface area contributed by atoms with E-state index in [1.807, 2.05) is 0 Å². The quantitative estimate of drug-likeness (QED) is 0.642. The van der Waals surface area contributed by atoms with Gasteiger partial charge in [0.1, 0.15) is 0 Å². The van der Waals surface area contributed by atoms with E-state index in [1.165, 1.54) is 19.4 Å². The molecule has 0 bridgehead atoms. The first-order chi connectivity index (χ1) is 7.36. The highest BCUT2D eigenvalue weighted by Crippen LogP contribution is 2.31. The zero-order valence-corrected chi connectivity index (χ0v) is 9.15. The smallest absolute Gasteiger partial charge is 0.182 e. The fourth-order valence-electron chi connectivity index (χ4n) is 2.90. The van der Waals surface area contributed by atoms with E-state index in [0.717, 1.165) is 38.6 Å². The summed E-state index contributed by atoms with van der Waals surface area (Å²) in [6, 6.07) is 0. The van der Waals surface area contributed by atoms with Gasteiger partial charge in [0.25, 0.3) is 0 Å². The van der Waals surface area contributed by atoms with E-state index >= 15 is 0 Å². The minimum absolute atomic E-state index is 0.230. The van der Waals surface area contributed by atoms with Crippen LogP contribution in [0.2, 0.25) is 0 Å². The van der Waals surface area contributed by atoms with Gasteiger partial charge in [-0.05, 0) is 18.8 Å². The van der Waals surface area contributed by atoms with Crippen molar-refractivity contribution in [3.63, 3.8) is 0 Å². The molecule has 0 atom stereocenters. The molecule has 0 radical (unpaired) electrons. The van der Waals surface area contributed by atoms with Crippen molar-refractivity contribution in [3.8, 4) is 0 Å². The third kappa shape index (κ3) is 1.96. The summed E-state index contributed by atoms with van der Waals surface area (Å²) < 4.78 is 11.4. The zero-order chi connectivity index (χ0) is 10.1. The Morgan fingerprint density at radius 1 is 1.20 bits per heavy atom. The lowest BCUT2D eigenvalue weighted by atomic mass is 10.1. The first-order valence-corrected chi connectivity index (χ1v) is 6.02. The Bertz CT molecular complexity index is 250. The molecule has 3 aliphatic rings. The lowest BCUT2D eigenvalue weighted by Gasteiger charge is -2.24. The lowest BCUT2D eigenvalue weighted by molar-refractivity contribution is -0.145. The highest BCUT2D eigenvalue weighted by atomic mass is 16.7. The molecule has 2 heterocycles. The predicted molar refractivity (Wildman–Crippen MR) is 57.6 cm³/mol. The van der Waals surface area contributed by atoms with E-state index in [2.05, 4.69) is 17.1 Å². The molecule has 0 N–H and O–H groups in total. The van der Waals surface area contributed by atoms with Crippen LogP contribution in [0.15, 0.2) is 12.2 Å². The first kappa shape index (κ1) is 9.82. The largest absolute Gasteiger partial charge is 0.346 e. The highest BCUT2D eigenvalue weighted by Gasteiger charge is 2.43. The molecule has 0 aromatic heterocycles. The van der Waals surface area contributed by atoms with Gasteiger partial charge in [0.15, 0.2) is 5.79 Å². The second kappa shape index (κ2) is 3.89. The van der Waals surface area contributed by atoms with Crippen LogP contribution in [0.5, 0.6) is 0 Å². The summed E-state index contributed by atoms with van der Waals surface area (Å²) in [5.41, 5.74) is 0. The molecule has 0 amide bonds. The second-order valence-corrected chi connectivity index (χ2v) is 4.90. The van der Waals surface area contributed by atoms with Gasteiger partial charge < -0.3 is 9.47 Å². The summed E-state index contributed by atoms with van der Waals surface area (Å²) in [5, 5.41) is 0. The second-order valence-electron chi connectivity index (χ2n) is 4.90. The monoisotopic (exact) mass is 209 g/mol. The van der Waals surface area contributed by atoms with Crippen LogP contribution in [-0.4, -0.2) is 43.5 Å². The van der Waals surface area contributed by atoms with Crippen molar-refractivity contribution in [2.45, 2.75) is 25.0 Å². The van der Waals surface area contributed by atoms with Crippen LogP contribution < -0.4 is 0 Å². The van der Waals surface area contributed by atoms with Crippen LogP contribution in [0.25, 0.3) is 0 Å². The van der Waals surface area contributed by atoms with Gasteiger partial charge in [0.2, 0.25) is 0 Å². The Labute approximate surface area is 91.0 Å². The highest BCUT2D eigenvalue weighted by molar-refractivity contribution is 4.96. The molecule has 15 heavy (non-hydrogen) atoms. The van der Waals surface area contributed by atoms with Crippen molar-refractivity contribution in [1.29, 1.82) is 0 Å². The Morgan fingerprint density at radius 3 is 2.67 bits per heavy atom. The predicted octanol–water partition coefficient (Wildman–Crippen LogP) is 1.40. The Morgan fingerprint density at radius 2 is 1.93 bits per heavy atom. The van der Waals surface area contributed by atoms with E-state index in [-0.39, 0.29) is 5.79 Å². The van der Waals surface area contributed by atoms with Crippen LogP contribution in [0.4, 0.5) is 0 Å². The van der Waals surface area contributed by atoms with E-state index in [0.29, 0.717) is 0 Å². The van der Waals surface area contributed by atoms with Crippen molar-refractivity contribution in [1.82, 2.24) is 4.90 Å². The van der Waals surface area contributed by atoms with Crippen LogP contribution in [-0.2, 0) is 9.47 Å². The first-order valence-electron chi connectivity index (χ1n) is 6.02. The molecule has 3 rings (SSSR count). The Hall–Kier alpha value is -0.380. The normalized spacial score (nSPS) is 30.9. The van der Waals surface area contributed by atoms with Crippen molar-refractivity contribution < 1.29 is 9.47 Å². The number of hydrogen-bond donors (Lipinski definition) is 0. The topological polar surface area (TPSA) is 21.7 Å². The van der Waals surface area contributed by atoms with Crippen molar-refractivity contribution >= 4 is 0 Å². The average Bonchev–Trinajstić information content (AvgIpc) is 2.92. The van der Waals surface area contributed by atoms with Crippen molar-refractivity contribution in [3.05, 3.63) is 12.2 Å². The van der Waals surface area contributed by atoms with Crippen LogP contribution in [0.3, 0.4) is 0 Å². The van der Waals surface area contributed by atoms with E-state index in [9.17, 15) is 0 Å². The Balaban J connectivity index is 1.52. The third-order valence-corrected chi connectivity index (χ3v) is 3.71. The molecule has 1 spiro atoms. The molecule has 2 aliphatic heterocycles. The maximum Gasteiger partial charge on any atom is 0.182 e. The molecule has 3 nitrogen and oxygen atoms in total. The van der Waals surface area contributed by atoms with E-state index in [4.69, 9.17) is 9.47 Å². The maximum absolute atomic E-state index is 5.72. The maximum atomic E-state index is 5.72. The molecular formula is C12H19NO2. The molecule has 1 aliphatic carbocycles. The minimum Gasteiger partial charge on any atom is -0.346 e. The standard InChI is InChI=1S/C12H19NO2/c1-2-4-11(3-1)9-13-6-5-12(10-13)14-7-8-15-12/h1-2,11H,3-10H2. The van der Waals surface area contributed by atoms with E-state index in [1.54, 1.807) is 0 Å². The number of allylic oxidation sites excluding steroid dienone is 2. The number of rotatable bonds is 2. The molecule has 0 aromatic carbocycles.